The van der Waals surface area contributed by atoms with Crippen LogP contribution in [-0.4, -0.2) is 26.9 Å². The first-order valence-electron chi connectivity index (χ1n) is 6.65. The fourth-order valence-corrected chi connectivity index (χ4v) is 2.20. The van der Waals surface area contributed by atoms with Crippen LogP contribution in [-0.2, 0) is 0 Å². The minimum absolute atomic E-state index is 0.151. The molecule has 0 saturated carbocycles. The molecule has 0 fully saturated rings. The lowest BCUT2D eigenvalue weighted by Crippen LogP contribution is -2.12. The number of benzene rings is 2. The van der Waals surface area contributed by atoms with Crippen molar-refractivity contribution in [3.63, 3.8) is 0 Å². The van der Waals surface area contributed by atoms with Gasteiger partial charge < -0.3 is 24.3 Å². The maximum absolute atomic E-state index is 12.4. The van der Waals surface area contributed by atoms with E-state index >= 15 is 0 Å². The average Bonchev–Trinajstić information content (AvgIpc) is 3.03. The van der Waals surface area contributed by atoms with Gasteiger partial charge in [-0.1, -0.05) is 6.07 Å². The van der Waals surface area contributed by atoms with E-state index in [-0.39, 0.29) is 12.7 Å². The number of amides is 1. The maximum atomic E-state index is 12.4. The Hall–Kier alpha value is -2.89. The Kier molecular flexibility index (Phi) is 3.74. The molecule has 2 aromatic carbocycles. The van der Waals surface area contributed by atoms with Crippen molar-refractivity contribution in [2.75, 3.05) is 26.3 Å². The number of carbonyl (C=O) groups excluding carboxylic acids is 1. The standard InChI is InChI=1S/C16H15NO5/c1-19-12-7-6-10(8-14(12)20-2)16(18)17-11-4-3-5-13-15(11)22-9-21-13/h3-8H,9H2,1-2H3,(H,17,18). The normalized spacial score (nSPS) is 11.9. The molecule has 1 amide bonds. The molecule has 3 rings (SSSR count). The third-order valence-corrected chi connectivity index (χ3v) is 3.29. The summed E-state index contributed by atoms with van der Waals surface area (Å²) in [5, 5.41) is 2.81. The molecule has 2 aromatic rings. The summed E-state index contributed by atoms with van der Waals surface area (Å²) >= 11 is 0. The number of ether oxygens (including phenoxy) is 4. The first kappa shape index (κ1) is 14.1. The topological polar surface area (TPSA) is 66.0 Å². The van der Waals surface area contributed by atoms with Crippen molar-refractivity contribution in [3.8, 4) is 23.0 Å². The highest BCUT2D eigenvalue weighted by atomic mass is 16.7. The van der Waals surface area contributed by atoms with E-state index in [4.69, 9.17) is 18.9 Å². The van der Waals surface area contributed by atoms with Crippen LogP contribution < -0.4 is 24.3 Å². The van der Waals surface area contributed by atoms with E-state index in [1.807, 2.05) is 0 Å². The number of rotatable bonds is 4. The average molecular weight is 301 g/mol. The Balaban J connectivity index is 1.85. The monoisotopic (exact) mass is 301 g/mol. The molecule has 6 heteroatoms. The molecule has 0 radical (unpaired) electrons. The number of nitrogens with one attached hydrogen (secondary N) is 1. The van der Waals surface area contributed by atoms with Crippen LogP contribution in [0, 0.1) is 0 Å². The number of fused-ring (bicyclic) bond motifs is 1. The Bertz CT molecular complexity index is 714. The molecule has 0 spiro atoms. The van der Waals surface area contributed by atoms with E-state index in [1.165, 1.54) is 7.11 Å². The van der Waals surface area contributed by atoms with Crippen LogP contribution in [0.1, 0.15) is 10.4 Å². The van der Waals surface area contributed by atoms with Crippen LogP contribution in [0.4, 0.5) is 5.69 Å². The minimum Gasteiger partial charge on any atom is -0.493 e. The number of hydrogen-bond acceptors (Lipinski definition) is 5. The van der Waals surface area contributed by atoms with Crippen molar-refractivity contribution >= 4 is 11.6 Å². The maximum Gasteiger partial charge on any atom is 0.255 e. The fourth-order valence-electron chi connectivity index (χ4n) is 2.20. The summed E-state index contributed by atoms with van der Waals surface area (Å²) in [6.45, 7) is 0.151. The molecule has 0 aliphatic carbocycles. The smallest absolute Gasteiger partial charge is 0.255 e. The minimum atomic E-state index is -0.273. The van der Waals surface area contributed by atoms with Gasteiger partial charge in [0.15, 0.2) is 23.0 Å². The number of hydrogen-bond donors (Lipinski definition) is 1. The van der Waals surface area contributed by atoms with Gasteiger partial charge in [0.1, 0.15) is 0 Å². The highest BCUT2D eigenvalue weighted by molar-refractivity contribution is 6.05. The quantitative estimate of drug-likeness (QED) is 0.940. The van der Waals surface area contributed by atoms with Crippen molar-refractivity contribution in [3.05, 3.63) is 42.0 Å². The zero-order valence-corrected chi connectivity index (χ0v) is 12.2. The SMILES string of the molecule is COc1ccc(C(=O)Nc2cccc3c2OCO3)cc1OC. The second-order valence-electron chi connectivity index (χ2n) is 4.56. The number of carbonyl (C=O) groups is 1. The van der Waals surface area contributed by atoms with Gasteiger partial charge in [-0.2, -0.15) is 0 Å². The Labute approximate surface area is 127 Å². The van der Waals surface area contributed by atoms with Gasteiger partial charge in [-0.05, 0) is 30.3 Å². The van der Waals surface area contributed by atoms with Crippen molar-refractivity contribution in [1.82, 2.24) is 0 Å². The summed E-state index contributed by atoms with van der Waals surface area (Å²) < 4.78 is 21.0. The number of para-hydroxylation sites is 1. The van der Waals surface area contributed by atoms with E-state index in [0.29, 0.717) is 34.2 Å². The molecule has 0 bridgehead atoms. The molecule has 6 nitrogen and oxygen atoms in total. The second-order valence-corrected chi connectivity index (χ2v) is 4.56. The Morgan fingerprint density at radius 1 is 1.09 bits per heavy atom. The molecule has 0 saturated heterocycles. The molecule has 114 valence electrons. The summed E-state index contributed by atoms with van der Waals surface area (Å²) in [6.07, 6.45) is 0. The molecule has 0 aromatic heterocycles. The molecule has 0 unspecified atom stereocenters. The van der Waals surface area contributed by atoms with Crippen molar-refractivity contribution < 1.29 is 23.7 Å². The Morgan fingerprint density at radius 3 is 2.68 bits per heavy atom. The second kappa shape index (κ2) is 5.85. The van der Waals surface area contributed by atoms with Crippen molar-refractivity contribution in [2.45, 2.75) is 0 Å². The van der Waals surface area contributed by atoms with E-state index in [9.17, 15) is 4.79 Å². The highest BCUT2D eigenvalue weighted by Crippen LogP contribution is 2.39. The van der Waals surface area contributed by atoms with Crippen LogP contribution in [0.15, 0.2) is 36.4 Å². The van der Waals surface area contributed by atoms with Gasteiger partial charge in [0.05, 0.1) is 19.9 Å². The first-order valence-corrected chi connectivity index (χ1v) is 6.65. The largest absolute Gasteiger partial charge is 0.493 e. The van der Waals surface area contributed by atoms with E-state index in [0.717, 1.165) is 0 Å². The highest BCUT2D eigenvalue weighted by Gasteiger charge is 2.19. The lowest BCUT2D eigenvalue weighted by molar-refractivity contribution is 0.102. The van der Waals surface area contributed by atoms with E-state index in [1.54, 1.807) is 43.5 Å². The van der Waals surface area contributed by atoms with Gasteiger partial charge in [0.2, 0.25) is 6.79 Å². The Morgan fingerprint density at radius 2 is 1.91 bits per heavy atom. The van der Waals surface area contributed by atoms with Crippen LogP contribution in [0.3, 0.4) is 0 Å². The third-order valence-electron chi connectivity index (χ3n) is 3.29. The summed E-state index contributed by atoms with van der Waals surface area (Å²) in [4.78, 5) is 12.4. The van der Waals surface area contributed by atoms with Crippen molar-refractivity contribution in [2.24, 2.45) is 0 Å². The number of anilines is 1. The lowest BCUT2D eigenvalue weighted by atomic mass is 10.1. The summed E-state index contributed by atoms with van der Waals surface area (Å²) in [7, 11) is 3.07. The zero-order valence-electron chi connectivity index (χ0n) is 12.2. The van der Waals surface area contributed by atoms with Gasteiger partial charge in [-0.25, -0.2) is 0 Å². The lowest BCUT2D eigenvalue weighted by Gasteiger charge is -2.11. The van der Waals surface area contributed by atoms with Gasteiger partial charge >= 0.3 is 0 Å². The van der Waals surface area contributed by atoms with Crippen LogP contribution in [0.5, 0.6) is 23.0 Å². The molecule has 22 heavy (non-hydrogen) atoms. The molecule has 1 N–H and O–H groups in total. The summed E-state index contributed by atoms with van der Waals surface area (Å²) in [5.41, 5.74) is 1.02. The molecular weight excluding hydrogens is 286 g/mol. The van der Waals surface area contributed by atoms with Gasteiger partial charge in [0.25, 0.3) is 5.91 Å². The predicted molar refractivity (Wildman–Crippen MR) is 80.1 cm³/mol. The zero-order chi connectivity index (χ0) is 15.5. The summed E-state index contributed by atoms with van der Waals surface area (Å²) in [5.74, 6) is 1.94. The van der Waals surface area contributed by atoms with E-state index < -0.39 is 0 Å². The van der Waals surface area contributed by atoms with Gasteiger partial charge in [-0.3, -0.25) is 4.79 Å². The van der Waals surface area contributed by atoms with Crippen molar-refractivity contribution in [1.29, 1.82) is 0 Å². The van der Waals surface area contributed by atoms with E-state index in [2.05, 4.69) is 5.32 Å². The molecule has 1 heterocycles. The van der Waals surface area contributed by atoms with Gasteiger partial charge in [0, 0.05) is 5.56 Å². The fraction of sp³-hybridized carbons (Fsp3) is 0.188. The number of methoxy groups -OCH3 is 2. The molecule has 1 aliphatic heterocycles. The molecule has 0 atom stereocenters. The van der Waals surface area contributed by atoms with Crippen LogP contribution >= 0.6 is 0 Å². The van der Waals surface area contributed by atoms with Crippen LogP contribution in [0.2, 0.25) is 0 Å². The summed E-state index contributed by atoms with van der Waals surface area (Å²) in [6, 6.07) is 10.3. The predicted octanol–water partition coefficient (Wildman–Crippen LogP) is 2.68. The molecule has 1 aliphatic rings. The van der Waals surface area contributed by atoms with Crippen LogP contribution in [0.25, 0.3) is 0 Å². The molecular formula is C16H15NO5. The third kappa shape index (κ3) is 2.50. The first-order chi connectivity index (χ1) is 10.7. The van der Waals surface area contributed by atoms with Gasteiger partial charge in [-0.15, -0.1) is 0 Å².